The zero-order valence-electron chi connectivity index (χ0n) is 9.68. The fourth-order valence-electron chi connectivity index (χ4n) is 1.18. The highest BCUT2D eigenvalue weighted by Gasteiger charge is 2.18. The van der Waals surface area contributed by atoms with E-state index in [4.69, 9.17) is 0 Å². The number of nitrogens with one attached hydrogen (secondary N) is 1. The zero-order chi connectivity index (χ0) is 14.6. The molecule has 0 saturated carbocycles. The number of ether oxygens (including phenoxy) is 1. The van der Waals surface area contributed by atoms with E-state index in [0.717, 1.165) is 0 Å². The molecule has 1 atom stereocenters. The molecule has 1 unspecified atom stereocenters. The van der Waals surface area contributed by atoms with Crippen LogP contribution in [0.5, 0.6) is 0 Å². The van der Waals surface area contributed by atoms with Crippen molar-refractivity contribution in [2.24, 2.45) is 0 Å². The summed E-state index contributed by atoms with van der Waals surface area (Å²) in [5.41, 5.74) is -0.370. The molecule has 0 aromatic heterocycles. The van der Waals surface area contributed by atoms with Crippen LogP contribution in [0.25, 0.3) is 0 Å². The molecular formula is C11H9F3INO3. The molecule has 104 valence electrons. The van der Waals surface area contributed by atoms with Gasteiger partial charge in [0.25, 0.3) is 5.91 Å². The molecule has 8 heteroatoms. The molecule has 0 aliphatic heterocycles. The summed E-state index contributed by atoms with van der Waals surface area (Å²) in [5, 5.41) is 2.28. The molecule has 0 saturated heterocycles. The Labute approximate surface area is 120 Å². The van der Waals surface area contributed by atoms with E-state index >= 15 is 0 Å². The minimum atomic E-state index is -1.64. The van der Waals surface area contributed by atoms with Gasteiger partial charge < -0.3 is 10.1 Å². The van der Waals surface area contributed by atoms with Crippen molar-refractivity contribution < 1.29 is 27.5 Å². The molecule has 4 nitrogen and oxygen atoms in total. The van der Waals surface area contributed by atoms with Gasteiger partial charge in [0.15, 0.2) is 17.5 Å². The van der Waals surface area contributed by atoms with Gasteiger partial charge in [-0.1, -0.05) is 22.6 Å². The van der Waals surface area contributed by atoms with E-state index < -0.39 is 33.3 Å². The first-order chi connectivity index (χ1) is 8.86. The lowest BCUT2D eigenvalue weighted by atomic mass is 10.2. The van der Waals surface area contributed by atoms with Gasteiger partial charge in [0.2, 0.25) is 0 Å². The topological polar surface area (TPSA) is 55.4 Å². The highest BCUT2D eigenvalue weighted by Crippen LogP contribution is 2.13. The second-order valence-corrected chi connectivity index (χ2v) is 4.96. The average molecular weight is 387 g/mol. The Morgan fingerprint density at radius 3 is 2.32 bits per heavy atom. The van der Waals surface area contributed by atoms with Crippen LogP contribution in [0.1, 0.15) is 10.4 Å². The van der Waals surface area contributed by atoms with E-state index in [1.54, 1.807) is 22.6 Å². The predicted molar refractivity (Wildman–Crippen MR) is 68.5 cm³/mol. The third-order valence-electron chi connectivity index (χ3n) is 2.14. The second kappa shape index (κ2) is 6.73. The van der Waals surface area contributed by atoms with E-state index in [-0.39, 0.29) is 12.1 Å². The molecule has 0 spiro atoms. The summed E-state index contributed by atoms with van der Waals surface area (Å²) >= 11 is 1.74. The van der Waals surface area contributed by atoms with Crippen molar-refractivity contribution >= 4 is 34.5 Å². The first kappa shape index (κ1) is 15.7. The Hall–Kier alpha value is -1.32. The van der Waals surface area contributed by atoms with E-state index in [1.807, 2.05) is 0 Å². The number of benzene rings is 1. The largest absolute Gasteiger partial charge is 0.468 e. The molecule has 1 N–H and O–H groups in total. The van der Waals surface area contributed by atoms with Gasteiger partial charge in [-0.05, 0) is 12.1 Å². The lowest BCUT2D eigenvalue weighted by Gasteiger charge is -2.09. The Morgan fingerprint density at radius 1 is 1.32 bits per heavy atom. The second-order valence-electron chi connectivity index (χ2n) is 3.45. The molecule has 1 amide bonds. The van der Waals surface area contributed by atoms with Crippen molar-refractivity contribution in [1.29, 1.82) is 0 Å². The maximum absolute atomic E-state index is 12.9. The number of hydrogen-bond acceptors (Lipinski definition) is 3. The number of rotatable bonds is 4. The first-order valence-corrected chi connectivity index (χ1v) is 6.26. The minimum absolute atomic E-state index is 0.0767. The molecule has 0 aliphatic rings. The number of carbonyl (C=O) groups excluding carboxylic acids is 2. The number of hydrogen-bond donors (Lipinski definition) is 1. The summed E-state index contributed by atoms with van der Waals surface area (Å²) < 4.78 is 42.3. The van der Waals surface area contributed by atoms with Gasteiger partial charge in [-0.3, -0.25) is 9.59 Å². The first-order valence-electron chi connectivity index (χ1n) is 5.01. The van der Waals surface area contributed by atoms with Crippen LogP contribution in [-0.4, -0.2) is 29.5 Å². The fraction of sp³-hybridized carbons (Fsp3) is 0.273. The Balaban J connectivity index is 2.72. The summed E-state index contributed by atoms with van der Waals surface area (Å²) in [6.07, 6.45) is 0. The SMILES string of the molecule is COC(=O)C(I)CNC(=O)c1cc(F)c(F)c(F)c1. The maximum Gasteiger partial charge on any atom is 0.320 e. The summed E-state index contributed by atoms with van der Waals surface area (Å²) in [4.78, 5) is 22.6. The van der Waals surface area contributed by atoms with Crippen molar-refractivity contribution in [2.75, 3.05) is 13.7 Å². The third kappa shape index (κ3) is 4.08. The van der Waals surface area contributed by atoms with E-state index in [0.29, 0.717) is 12.1 Å². The van der Waals surface area contributed by atoms with Crippen LogP contribution in [0.15, 0.2) is 12.1 Å². The zero-order valence-corrected chi connectivity index (χ0v) is 11.8. The number of amides is 1. The summed E-state index contributed by atoms with van der Waals surface area (Å²) in [5.74, 6) is -5.91. The van der Waals surface area contributed by atoms with Gasteiger partial charge >= 0.3 is 5.97 Å². The monoisotopic (exact) mass is 387 g/mol. The van der Waals surface area contributed by atoms with Crippen molar-refractivity contribution in [1.82, 2.24) is 5.32 Å². The lowest BCUT2D eigenvalue weighted by molar-refractivity contribution is -0.139. The molecule has 0 bridgehead atoms. The van der Waals surface area contributed by atoms with Crippen molar-refractivity contribution in [3.63, 3.8) is 0 Å². The van der Waals surface area contributed by atoms with E-state index in [1.165, 1.54) is 7.11 Å². The molecule has 1 aromatic carbocycles. The van der Waals surface area contributed by atoms with Gasteiger partial charge in [-0.15, -0.1) is 0 Å². The normalized spacial score (nSPS) is 11.8. The van der Waals surface area contributed by atoms with Crippen LogP contribution in [-0.2, 0) is 9.53 Å². The van der Waals surface area contributed by atoms with Crippen LogP contribution in [0.2, 0.25) is 0 Å². The number of methoxy groups -OCH3 is 1. The predicted octanol–water partition coefficient (Wildman–Crippen LogP) is 1.81. The highest BCUT2D eigenvalue weighted by atomic mass is 127. The van der Waals surface area contributed by atoms with Gasteiger partial charge in [-0.25, -0.2) is 13.2 Å². The number of alkyl halides is 1. The van der Waals surface area contributed by atoms with Gasteiger partial charge in [0.1, 0.15) is 3.92 Å². The Bertz CT molecular complexity index is 487. The molecule has 0 aliphatic carbocycles. The molecule has 0 radical (unpaired) electrons. The molecule has 0 fully saturated rings. The van der Waals surface area contributed by atoms with E-state index in [9.17, 15) is 22.8 Å². The summed E-state index contributed by atoms with van der Waals surface area (Å²) in [6, 6.07) is 1.15. The van der Waals surface area contributed by atoms with Crippen molar-refractivity contribution in [3.05, 3.63) is 35.1 Å². The summed E-state index contributed by atoms with van der Waals surface area (Å²) in [7, 11) is 1.19. The highest BCUT2D eigenvalue weighted by molar-refractivity contribution is 14.1. The van der Waals surface area contributed by atoms with Crippen LogP contribution in [0.3, 0.4) is 0 Å². The molecular weight excluding hydrogens is 378 g/mol. The smallest absolute Gasteiger partial charge is 0.320 e. The Morgan fingerprint density at radius 2 is 1.84 bits per heavy atom. The van der Waals surface area contributed by atoms with Crippen LogP contribution < -0.4 is 5.32 Å². The van der Waals surface area contributed by atoms with E-state index in [2.05, 4.69) is 10.1 Å². The molecule has 1 aromatic rings. The van der Waals surface area contributed by atoms with Crippen LogP contribution >= 0.6 is 22.6 Å². The van der Waals surface area contributed by atoms with Crippen molar-refractivity contribution in [2.45, 2.75) is 3.92 Å². The van der Waals surface area contributed by atoms with Gasteiger partial charge in [0.05, 0.1) is 7.11 Å². The van der Waals surface area contributed by atoms with Gasteiger partial charge in [0, 0.05) is 12.1 Å². The maximum atomic E-state index is 12.9. The fourth-order valence-corrected chi connectivity index (χ4v) is 1.66. The number of esters is 1. The molecule has 0 heterocycles. The Kier molecular flexibility index (Phi) is 5.58. The minimum Gasteiger partial charge on any atom is -0.468 e. The number of carbonyl (C=O) groups is 2. The average Bonchev–Trinajstić information content (AvgIpc) is 2.39. The standard InChI is InChI=1S/C11H9F3INO3/c1-19-11(18)8(15)4-16-10(17)5-2-6(12)9(14)7(13)3-5/h2-3,8H,4H2,1H3,(H,16,17). The number of halogens is 4. The molecule has 1 rings (SSSR count). The van der Waals surface area contributed by atoms with Crippen molar-refractivity contribution in [3.8, 4) is 0 Å². The lowest BCUT2D eigenvalue weighted by Crippen LogP contribution is -2.34. The van der Waals surface area contributed by atoms with Gasteiger partial charge in [-0.2, -0.15) is 0 Å². The quantitative estimate of drug-likeness (QED) is 0.371. The third-order valence-corrected chi connectivity index (χ3v) is 3.09. The molecule has 19 heavy (non-hydrogen) atoms. The summed E-state index contributed by atoms with van der Waals surface area (Å²) in [6.45, 7) is -0.0767. The van der Waals surface area contributed by atoms with Crippen LogP contribution in [0, 0.1) is 17.5 Å². The van der Waals surface area contributed by atoms with Crippen LogP contribution in [0.4, 0.5) is 13.2 Å².